The van der Waals surface area contributed by atoms with Crippen molar-refractivity contribution in [2.75, 3.05) is 6.61 Å². The summed E-state index contributed by atoms with van der Waals surface area (Å²) in [6, 6.07) is 0. The van der Waals surface area contributed by atoms with Crippen molar-refractivity contribution in [2.45, 2.75) is 57.9 Å². The van der Waals surface area contributed by atoms with E-state index in [0.29, 0.717) is 0 Å². The van der Waals surface area contributed by atoms with Gasteiger partial charge in [0.05, 0.1) is 11.3 Å². The lowest BCUT2D eigenvalue weighted by atomic mass is 10.1. The van der Waals surface area contributed by atoms with Crippen LogP contribution in [0.2, 0.25) is 0 Å². The van der Waals surface area contributed by atoms with E-state index in [9.17, 15) is 26.0 Å². The maximum atomic E-state index is 13.3. The average molecular weight is 401 g/mol. The van der Waals surface area contributed by atoms with E-state index in [1.165, 1.54) is 6.92 Å². The highest BCUT2D eigenvalue weighted by Crippen LogP contribution is 2.34. The first-order valence-electron chi connectivity index (χ1n) is 7.73. The molecule has 7 nitrogen and oxygen atoms in total. The Morgan fingerprint density at radius 1 is 1.31 bits per heavy atom. The van der Waals surface area contributed by atoms with E-state index >= 15 is 0 Å². The number of rotatable bonds is 7. The fourth-order valence-corrected chi connectivity index (χ4v) is 3.91. The van der Waals surface area contributed by atoms with Gasteiger partial charge >= 0.3 is 0 Å². The number of sulfone groups is 1. The Labute approximate surface area is 147 Å². The second-order valence-electron chi connectivity index (χ2n) is 6.26. The van der Waals surface area contributed by atoms with Crippen molar-refractivity contribution in [1.29, 1.82) is 0 Å². The van der Waals surface area contributed by atoms with Gasteiger partial charge in [0.25, 0.3) is 12.9 Å². The van der Waals surface area contributed by atoms with Crippen LogP contribution in [-0.4, -0.2) is 41.9 Å². The monoisotopic (exact) mass is 401 g/mol. The van der Waals surface area contributed by atoms with E-state index in [0.717, 1.165) is 4.68 Å². The summed E-state index contributed by atoms with van der Waals surface area (Å²) in [5.41, 5.74) is -2.11. The molecule has 0 atom stereocenters. The van der Waals surface area contributed by atoms with Gasteiger partial charge in [0.15, 0.2) is 21.5 Å². The zero-order valence-corrected chi connectivity index (χ0v) is 15.2. The average Bonchev–Trinajstić information content (AvgIpc) is 3.05. The number of aryl methyl sites for hydroxylation is 1. The molecule has 148 valence electrons. The van der Waals surface area contributed by atoms with E-state index in [4.69, 9.17) is 9.57 Å². The van der Waals surface area contributed by atoms with E-state index in [1.54, 1.807) is 13.8 Å². The van der Waals surface area contributed by atoms with Crippen LogP contribution < -0.4 is 4.74 Å². The van der Waals surface area contributed by atoms with Crippen molar-refractivity contribution in [3.63, 3.8) is 0 Å². The molecule has 0 unspecified atom stereocenters. The smallest absolute Gasteiger partial charge is 0.282 e. The molecule has 1 aliphatic heterocycles. The third-order valence-corrected chi connectivity index (χ3v) is 5.15. The summed E-state index contributed by atoms with van der Waals surface area (Å²) in [6.45, 7) is 3.74. The van der Waals surface area contributed by atoms with Gasteiger partial charge in [0.2, 0.25) is 5.88 Å². The Morgan fingerprint density at radius 3 is 2.42 bits per heavy atom. The maximum absolute atomic E-state index is 13.3. The Kier molecular flexibility index (Phi) is 5.83. The molecule has 26 heavy (non-hydrogen) atoms. The first kappa shape index (κ1) is 20.5. The van der Waals surface area contributed by atoms with E-state index in [1.807, 2.05) is 0 Å². The zero-order chi connectivity index (χ0) is 19.7. The second kappa shape index (κ2) is 7.41. The van der Waals surface area contributed by atoms with Crippen LogP contribution in [0.4, 0.5) is 17.6 Å². The number of halogens is 4. The molecular weight excluding hydrogens is 382 g/mol. The summed E-state index contributed by atoms with van der Waals surface area (Å²) in [5.74, 6) is -1.31. The molecule has 0 spiro atoms. The minimum Gasteiger partial charge on any atom is -0.472 e. The highest BCUT2D eigenvalue weighted by Gasteiger charge is 2.38. The molecule has 2 heterocycles. The summed E-state index contributed by atoms with van der Waals surface area (Å²) in [5, 5.41) is 6.82. The molecule has 1 aliphatic rings. The number of alkyl halides is 4. The summed E-state index contributed by atoms with van der Waals surface area (Å²) in [6.07, 6.45) is -5.99. The number of hydrogen-bond donors (Lipinski definition) is 0. The van der Waals surface area contributed by atoms with Gasteiger partial charge in [-0.2, -0.15) is 5.10 Å². The van der Waals surface area contributed by atoms with Crippen molar-refractivity contribution in [2.24, 2.45) is 5.16 Å². The summed E-state index contributed by atoms with van der Waals surface area (Å²) in [7, 11) is -4.13. The van der Waals surface area contributed by atoms with Crippen LogP contribution in [0.15, 0.2) is 5.16 Å². The molecule has 0 aromatic carbocycles. The minimum atomic E-state index is -4.13. The Morgan fingerprint density at radius 2 is 1.96 bits per heavy atom. The molecule has 0 saturated carbocycles. The Balaban J connectivity index is 2.41. The SMILES string of the molecule is CCn1nc(C(F)F)c(CS(=O)(=O)C2=NOC(C)(C)C2)c1OCC(F)F. The van der Waals surface area contributed by atoms with Gasteiger partial charge < -0.3 is 9.57 Å². The van der Waals surface area contributed by atoms with Gasteiger partial charge in [-0.15, -0.1) is 0 Å². The first-order valence-corrected chi connectivity index (χ1v) is 9.38. The molecule has 1 aromatic heterocycles. The van der Waals surface area contributed by atoms with Crippen LogP contribution in [0, 0.1) is 0 Å². The topological polar surface area (TPSA) is 82.8 Å². The summed E-state index contributed by atoms with van der Waals surface area (Å²) in [4.78, 5) is 5.00. The summed E-state index contributed by atoms with van der Waals surface area (Å²) < 4.78 is 82.5. The quantitative estimate of drug-likeness (QED) is 0.656. The number of ether oxygens (including phenoxy) is 1. The highest BCUT2D eigenvalue weighted by atomic mass is 32.2. The normalized spacial score (nSPS) is 16.9. The second-order valence-corrected chi connectivity index (χ2v) is 8.25. The van der Waals surface area contributed by atoms with Crippen molar-refractivity contribution >= 4 is 14.9 Å². The van der Waals surface area contributed by atoms with Gasteiger partial charge in [-0.3, -0.25) is 0 Å². The molecule has 2 rings (SSSR count). The fraction of sp³-hybridized carbons (Fsp3) is 0.714. The molecular formula is C14H19F4N3O4S. The lowest BCUT2D eigenvalue weighted by Gasteiger charge is -2.13. The van der Waals surface area contributed by atoms with E-state index in [2.05, 4.69) is 10.3 Å². The predicted molar refractivity (Wildman–Crippen MR) is 84.2 cm³/mol. The molecule has 0 aliphatic carbocycles. The van der Waals surface area contributed by atoms with Crippen LogP contribution >= 0.6 is 0 Å². The van der Waals surface area contributed by atoms with Crippen molar-refractivity contribution in [3.05, 3.63) is 11.3 Å². The Bertz CT molecular complexity index is 790. The number of oxime groups is 1. The molecule has 0 radical (unpaired) electrons. The highest BCUT2D eigenvalue weighted by molar-refractivity contribution is 8.05. The van der Waals surface area contributed by atoms with Crippen LogP contribution in [0.5, 0.6) is 5.88 Å². The van der Waals surface area contributed by atoms with Gasteiger partial charge in [0, 0.05) is 13.0 Å². The largest absolute Gasteiger partial charge is 0.472 e. The fourth-order valence-electron chi connectivity index (χ4n) is 2.37. The maximum Gasteiger partial charge on any atom is 0.282 e. The standard InChI is InChI=1S/C14H19F4N3O4S/c1-4-21-13(24-6-9(15)16)8(11(19-21)12(17)18)7-26(22,23)10-5-14(2,3)25-20-10/h9,12H,4-7H2,1-3H3. The molecule has 0 amide bonds. The molecule has 1 aromatic rings. The van der Waals surface area contributed by atoms with Gasteiger partial charge in [-0.05, 0) is 20.8 Å². The van der Waals surface area contributed by atoms with Crippen molar-refractivity contribution in [3.8, 4) is 5.88 Å². The number of aromatic nitrogens is 2. The third-order valence-electron chi connectivity index (χ3n) is 3.55. The lowest BCUT2D eigenvalue weighted by molar-refractivity contribution is 0.0123. The molecule has 0 fully saturated rings. The van der Waals surface area contributed by atoms with Crippen LogP contribution in [0.1, 0.15) is 44.9 Å². The van der Waals surface area contributed by atoms with Gasteiger partial charge in [-0.25, -0.2) is 30.7 Å². The molecule has 12 heteroatoms. The predicted octanol–water partition coefficient (Wildman–Crippen LogP) is 2.91. The van der Waals surface area contributed by atoms with Gasteiger partial charge in [0.1, 0.15) is 11.3 Å². The van der Waals surface area contributed by atoms with Crippen LogP contribution in [0.25, 0.3) is 0 Å². The summed E-state index contributed by atoms with van der Waals surface area (Å²) >= 11 is 0. The molecule has 0 saturated heterocycles. The third kappa shape index (κ3) is 4.46. The zero-order valence-electron chi connectivity index (χ0n) is 14.4. The van der Waals surface area contributed by atoms with Crippen molar-refractivity contribution < 1.29 is 35.6 Å². The van der Waals surface area contributed by atoms with E-state index < -0.39 is 57.8 Å². The number of hydrogen-bond acceptors (Lipinski definition) is 6. The molecule has 0 N–H and O–H groups in total. The van der Waals surface area contributed by atoms with Crippen molar-refractivity contribution in [1.82, 2.24) is 9.78 Å². The Hall–Kier alpha value is -1.85. The minimum absolute atomic E-state index is 0.0332. The number of nitrogens with zero attached hydrogens (tertiary/aromatic N) is 3. The first-order chi connectivity index (χ1) is 12.0. The molecule has 0 bridgehead atoms. The van der Waals surface area contributed by atoms with E-state index in [-0.39, 0.29) is 18.0 Å². The lowest BCUT2D eigenvalue weighted by Crippen LogP contribution is -2.23. The van der Waals surface area contributed by atoms with Crippen LogP contribution in [-0.2, 0) is 27.0 Å². The van der Waals surface area contributed by atoms with Crippen LogP contribution in [0.3, 0.4) is 0 Å². The van der Waals surface area contributed by atoms with Gasteiger partial charge in [-0.1, -0.05) is 5.16 Å².